The van der Waals surface area contributed by atoms with Gasteiger partial charge in [0.2, 0.25) is 0 Å². The van der Waals surface area contributed by atoms with E-state index >= 15 is 0 Å². The summed E-state index contributed by atoms with van der Waals surface area (Å²) in [5, 5.41) is 3.14. The van der Waals surface area contributed by atoms with E-state index in [1.165, 1.54) is 12.1 Å². The highest BCUT2D eigenvalue weighted by Gasteiger charge is 2.10. The van der Waals surface area contributed by atoms with Gasteiger partial charge in [-0.15, -0.1) is 12.4 Å². The highest BCUT2D eigenvalue weighted by atomic mass is 35.5. The van der Waals surface area contributed by atoms with Crippen molar-refractivity contribution in [3.8, 4) is 0 Å². The van der Waals surface area contributed by atoms with Crippen LogP contribution in [0.5, 0.6) is 0 Å². The molecule has 0 spiro atoms. The Kier molecular flexibility index (Phi) is 4.24. The smallest absolute Gasteiger partial charge is 0.133 e. The summed E-state index contributed by atoms with van der Waals surface area (Å²) in [6.45, 7) is 1.61. The topological polar surface area (TPSA) is 12.0 Å². The van der Waals surface area contributed by atoms with Crippen molar-refractivity contribution >= 4 is 18.0 Å². The van der Waals surface area contributed by atoms with Gasteiger partial charge in [0.1, 0.15) is 11.6 Å². The Balaban J connectivity index is 0.00000112. The Labute approximate surface area is 93.6 Å². The van der Waals surface area contributed by atoms with Crippen LogP contribution in [0.15, 0.2) is 24.3 Å². The average molecular weight is 232 g/mol. The van der Waals surface area contributed by atoms with Crippen LogP contribution in [0, 0.1) is 11.6 Å². The molecular formula is C11H12ClF2N. The Hall–Kier alpha value is -0.930. The van der Waals surface area contributed by atoms with Gasteiger partial charge in [-0.2, -0.15) is 0 Å². The lowest BCUT2D eigenvalue weighted by atomic mass is 10.00. The lowest BCUT2D eigenvalue weighted by molar-refractivity contribution is 0.579. The molecule has 15 heavy (non-hydrogen) atoms. The zero-order chi connectivity index (χ0) is 9.97. The van der Waals surface area contributed by atoms with Gasteiger partial charge >= 0.3 is 0 Å². The summed E-state index contributed by atoms with van der Waals surface area (Å²) in [4.78, 5) is 0. The molecule has 0 aromatic heterocycles. The van der Waals surface area contributed by atoms with E-state index in [-0.39, 0.29) is 12.4 Å². The van der Waals surface area contributed by atoms with Crippen molar-refractivity contribution < 1.29 is 8.78 Å². The average Bonchev–Trinajstić information content (AvgIpc) is 2.19. The maximum Gasteiger partial charge on any atom is 0.133 e. The normalized spacial score (nSPS) is 15.5. The summed E-state index contributed by atoms with van der Waals surface area (Å²) >= 11 is 0. The van der Waals surface area contributed by atoms with Crippen molar-refractivity contribution in [1.29, 1.82) is 0 Å². The highest BCUT2D eigenvalue weighted by Crippen LogP contribution is 2.22. The fraction of sp³-hybridized carbons (Fsp3) is 0.273. The van der Waals surface area contributed by atoms with Gasteiger partial charge in [0.05, 0.1) is 0 Å². The first-order valence-electron chi connectivity index (χ1n) is 4.62. The fourth-order valence-electron chi connectivity index (χ4n) is 1.62. The van der Waals surface area contributed by atoms with Gasteiger partial charge in [-0.1, -0.05) is 6.08 Å². The van der Waals surface area contributed by atoms with Crippen molar-refractivity contribution in [2.24, 2.45) is 0 Å². The minimum atomic E-state index is -0.527. The van der Waals surface area contributed by atoms with Crippen molar-refractivity contribution in [2.75, 3.05) is 13.1 Å². The number of hydrogen-bond donors (Lipinski definition) is 1. The summed E-state index contributed by atoms with van der Waals surface area (Å²) in [7, 11) is 0. The van der Waals surface area contributed by atoms with Crippen LogP contribution in [-0.2, 0) is 0 Å². The number of nitrogens with one attached hydrogen (secondary N) is 1. The molecule has 1 aliphatic heterocycles. The molecule has 4 heteroatoms. The van der Waals surface area contributed by atoms with Gasteiger partial charge in [-0.05, 0) is 30.7 Å². The van der Waals surface area contributed by atoms with Crippen molar-refractivity contribution in [3.05, 3.63) is 41.5 Å². The molecule has 1 N–H and O–H groups in total. The van der Waals surface area contributed by atoms with E-state index in [2.05, 4.69) is 5.32 Å². The van der Waals surface area contributed by atoms with Gasteiger partial charge in [0, 0.05) is 18.2 Å². The lowest BCUT2D eigenvalue weighted by Crippen LogP contribution is -2.20. The first-order valence-corrected chi connectivity index (χ1v) is 4.62. The van der Waals surface area contributed by atoms with E-state index in [0.717, 1.165) is 31.1 Å². The van der Waals surface area contributed by atoms with Crippen LogP contribution in [0.2, 0.25) is 0 Å². The molecule has 1 heterocycles. The molecule has 1 nitrogen and oxygen atoms in total. The van der Waals surface area contributed by atoms with Crippen LogP contribution in [0.3, 0.4) is 0 Å². The summed E-state index contributed by atoms with van der Waals surface area (Å²) < 4.78 is 26.0. The molecular weight excluding hydrogens is 220 g/mol. The molecule has 0 unspecified atom stereocenters. The Morgan fingerprint density at radius 3 is 2.60 bits per heavy atom. The monoisotopic (exact) mass is 231 g/mol. The third kappa shape index (κ3) is 2.76. The van der Waals surface area contributed by atoms with Crippen molar-refractivity contribution in [1.82, 2.24) is 5.32 Å². The molecule has 82 valence electrons. The van der Waals surface area contributed by atoms with Crippen molar-refractivity contribution in [2.45, 2.75) is 6.42 Å². The van der Waals surface area contributed by atoms with Gasteiger partial charge in [-0.3, -0.25) is 0 Å². The van der Waals surface area contributed by atoms with Gasteiger partial charge < -0.3 is 5.32 Å². The molecule has 2 rings (SSSR count). The second kappa shape index (κ2) is 5.24. The molecule has 1 aliphatic rings. The molecule has 0 amide bonds. The summed E-state index contributed by atoms with van der Waals surface area (Å²) in [5.74, 6) is -1.00. The summed E-state index contributed by atoms with van der Waals surface area (Å²) in [5.41, 5.74) is 1.48. The quantitative estimate of drug-likeness (QED) is 0.784. The van der Waals surface area contributed by atoms with Crippen LogP contribution in [0.1, 0.15) is 12.0 Å². The van der Waals surface area contributed by atoms with E-state index in [1.54, 1.807) is 0 Å². The van der Waals surface area contributed by atoms with Crippen LogP contribution >= 0.6 is 12.4 Å². The van der Waals surface area contributed by atoms with E-state index in [4.69, 9.17) is 0 Å². The van der Waals surface area contributed by atoms with Gasteiger partial charge in [-0.25, -0.2) is 8.78 Å². The molecule has 0 aliphatic carbocycles. The highest BCUT2D eigenvalue weighted by molar-refractivity contribution is 5.85. The first kappa shape index (κ1) is 12.1. The minimum Gasteiger partial charge on any atom is -0.313 e. The Morgan fingerprint density at radius 2 is 2.00 bits per heavy atom. The number of rotatable bonds is 1. The molecule has 0 atom stereocenters. The second-order valence-corrected chi connectivity index (χ2v) is 3.31. The van der Waals surface area contributed by atoms with E-state index in [1.807, 2.05) is 6.08 Å². The molecule has 1 aromatic rings. The molecule has 0 saturated heterocycles. The molecule has 0 saturated carbocycles. The minimum absolute atomic E-state index is 0. The molecule has 0 bridgehead atoms. The molecule has 0 fully saturated rings. The van der Waals surface area contributed by atoms with Crippen LogP contribution < -0.4 is 5.32 Å². The Morgan fingerprint density at radius 1 is 1.20 bits per heavy atom. The number of benzene rings is 1. The van der Waals surface area contributed by atoms with E-state index < -0.39 is 11.6 Å². The van der Waals surface area contributed by atoms with Crippen molar-refractivity contribution in [3.63, 3.8) is 0 Å². The molecule has 0 radical (unpaired) electrons. The summed E-state index contributed by atoms with van der Waals surface area (Å²) in [6, 6.07) is 3.72. The zero-order valence-corrected chi connectivity index (χ0v) is 8.91. The van der Waals surface area contributed by atoms with Crippen LogP contribution in [0.25, 0.3) is 5.57 Å². The molecule has 1 aromatic carbocycles. The van der Waals surface area contributed by atoms with E-state index in [0.29, 0.717) is 5.56 Å². The SMILES string of the molecule is Cl.Fc1ccc(C2=CCNCC2)c(F)c1. The first-order chi connectivity index (χ1) is 6.77. The standard InChI is InChI=1S/C11H11F2N.ClH/c12-9-1-2-10(11(13)7-9)8-3-5-14-6-4-8;/h1-3,7,14H,4-6H2;1H. The third-order valence-electron chi connectivity index (χ3n) is 2.34. The third-order valence-corrected chi connectivity index (χ3v) is 2.34. The fourth-order valence-corrected chi connectivity index (χ4v) is 1.62. The van der Waals surface area contributed by atoms with Crippen LogP contribution in [0.4, 0.5) is 8.78 Å². The van der Waals surface area contributed by atoms with Crippen LogP contribution in [-0.4, -0.2) is 13.1 Å². The maximum absolute atomic E-state index is 13.3. The summed E-state index contributed by atoms with van der Waals surface area (Å²) in [6.07, 6.45) is 2.74. The predicted octanol–water partition coefficient (Wildman–Crippen LogP) is 2.76. The zero-order valence-electron chi connectivity index (χ0n) is 8.09. The number of hydrogen-bond acceptors (Lipinski definition) is 1. The number of halogens is 3. The predicted molar refractivity (Wildman–Crippen MR) is 59.1 cm³/mol. The second-order valence-electron chi connectivity index (χ2n) is 3.31. The lowest BCUT2D eigenvalue weighted by Gasteiger charge is -2.14. The van der Waals surface area contributed by atoms with Gasteiger partial charge in [0.15, 0.2) is 0 Å². The largest absolute Gasteiger partial charge is 0.313 e. The Bertz CT molecular complexity index is 377. The van der Waals surface area contributed by atoms with E-state index in [9.17, 15) is 8.78 Å². The van der Waals surface area contributed by atoms with Gasteiger partial charge in [0.25, 0.3) is 0 Å². The maximum atomic E-state index is 13.3.